The van der Waals surface area contributed by atoms with Crippen molar-refractivity contribution in [1.82, 2.24) is 5.32 Å². The number of hydrogen-bond acceptors (Lipinski definition) is 4. The van der Waals surface area contributed by atoms with Crippen molar-refractivity contribution in [3.05, 3.63) is 42.0 Å². The Morgan fingerprint density at radius 1 is 1.00 bits per heavy atom. The number of hydrogen-bond donors (Lipinski definition) is 1. The van der Waals surface area contributed by atoms with E-state index in [1.54, 1.807) is 7.11 Å². The van der Waals surface area contributed by atoms with E-state index in [4.69, 9.17) is 39.5 Å². The van der Waals surface area contributed by atoms with E-state index in [9.17, 15) is 0 Å². The third-order valence-corrected chi connectivity index (χ3v) is 4.61. The summed E-state index contributed by atoms with van der Waals surface area (Å²) in [5, 5.41) is 4.75. The molecular weight excluding hydrogens is 345 g/mol. The molecule has 0 unspecified atom stereocenters. The minimum absolute atomic E-state index is 0.672. The molecule has 0 radical (unpaired) electrons. The Morgan fingerprint density at radius 2 is 1.64 bits per heavy atom. The first-order valence-corrected chi connectivity index (χ1v) is 7.70. The van der Waals surface area contributed by atoms with Crippen molar-refractivity contribution in [2.75, 3.05) is 7.11 Å². The Morgan fingerprint density at radius 3 is 2.23 bits per heavy atom. The quantitative estimate of drug-likeness (QED) is 0.659. The number of aliphatic imine (C=N–C) groups is 2. The van der Waals surface area contributed by atoms with Gasteiger partial charge in [0.05, 0.1) is 7.11 Å². The van der Waals surface area contributed by atoms with Crippen LogP contribution < -0.4 is 10.1 Å². The van der Waals surface area contributed by atoms with Gasteiger partial charge in [-0.1, -0.05) is 65.1 Å². The highest BCUT2D eigenvalue weighted by atomic mass is 35.6. The lowest BCUT2D eigenvalue weighted by atomic mass is 9.94. The van der Waals surface area contributed by atoms with Crippen LogP contribution >= 0.6 is 34.8 Å². The number of rotatable bonds is 2. The Labute approximate surface area is 141 Å². The van der Waals surface area contributed by atoms with Crippen LogP contribution in [0, 0.1) is 0 Å². The SMILES string of the molecule is COc1ccc(C2(C(Cl)(Cl)Cl)N=C3NC3=N2)c2ccccc12. The minimum Gasteiger partial charge on any atom is -0.496 e. The number of ether oxygens (including phenoxy) is 1. The van der Waals surface area contributed by atoms with Crippen LogP contribution in [0.15, 0.2) is 46.4 Å². The number of fused-ring (bicyclic) bond motifs is 2. The van der Waals surface area contributed by atoms with Crippen LogP contribution in [0.5, 0.6) is 5.75 Å². The summed E-state index contributed by atoms with van der Waals surface area (Å²) in [6, 6.07) is 11.4. The molecule has 0 amide bonds. The van der Waals surface area contributed by atoms with E-state index in [-0.39, 0.29) is 0 Å². The second-order valence-corrected chi connectivity index (χ2v) is 7.36. The van der Waals surface area contributed by atoms with Gasteiger partial charge in [-0.3, -0.25) is 0 Å². The van der Waals surface area contributed by atoms with Gasteiger partial charge in [0.2, 0.25) is 9.46 Å². The molecule has 1 saturated heterocycles. The third-order valence-electron chi connectivity index (χ3n) is 3.82. The van der Waals surface area contributed by atoms with Crippen LogP contribution in [0.1, 0.15) is 5.56 Å². The van der Waals surface area contributed by atoms with E-state index in [1.165, 1.54) is 0 Å². The van der Waals surface area contributed by atoms with Gasteiger partial charge in [0.1, 0.15) is 5.75 Å². The molecule has 1 N–H and O–H groups in total. The standard InChI is InChI=1S/C15H10Cl3N3O/c1-22-11-7-6-10(8-4-2-3-5-9(8)11)14(15(16,17)18)20-12-13(19-12)21-14/h2-7H,1H3,(H,19,20,21). The molecule has 0 bridgehead atoms. The lowest BCUT2D eigenvalue weighted by Crippen LogP contribution is -2.36. The molecule has 0 saturated carbocycles. The molecule has 0 spiro atoms. The fourth-order valence-corrected chi connectivity index (χ4v) is 3.30. The lowest BCUT2D eigenvalue weighted by molar-refractivity contribution is 0.419. The van der Waals surface area contributed by atoms with Crippen LogP contribution in [-0.2, 0) is 5.66 Å². The first-order valence-electron chi connectivity index (χ1n) is 6.56. The van der Waals surface area contributed by atoms with E-state index in [0.717, 1.165) is 22.1 Å². The average Bonchev–Trinajstić information content (AvgIpc) is 3.11. The van der Waals surface area contributed by atoms with Gasteiger partial charge in [-0.05, 0) is 11.5 Å². The van der Waals surface area contributed by atoms with Crippen molar-refractivity contribution in [1.29, 1.82) is 0 Å². The molecule has 0 aromatic heterocycles. The molecule has 7 heteroatoms. The molecule has 112 valence electrons. The van der Waals surface area contributed by atoms with Gasteiger partial charge in [0.25, 0.3) is 0 Å². The van der Waals surface area contributed by atoms with Gasteiger partial charge in [0.15, 0.2) is 11.7 Å². The average molecular weight is 355 g/mol. The first kappa shape index (κ1) is 14.1. The molecule has 0 aliphatic carbocycles. The van der Waals surface area contributed by atoms with Crippen molar-refractivity contribution < 1.29 is 4.74 Å². The maximum absolute atomic E-state index is 6.25. The summed E-state index contributed by atoms with van der Waals surface area (Å²) in [7, 11) is 1.63. The second kappa shape index (κ2) is 4.51. The molecule has 2 aromatic carbocycles. The van der Waals surface area contributed by atoms with E-state index in [2.05, 4.69) is 15.3 Å². The largest absolute Gasteiger partial charge is 0.496 e. The third kappa shape index (κ3) is 1.84. The van der Waals surface area contributed by atoms with Gasteiger partial charge in [0, 0.05) is 10.9 Å². The predicted octanol–water partition coefficient (Wildman–Crippen LogP) is 3.79. The van der Waals surface area contributed by atoms with Gasteiger partial charge in [-0.15, -0.1) is 0 Å². The number of amidine groups is 2. The van der Waals surface area contributed by atoms with E-state index in [0.29, 0.717) is 11.7 Å². The Bertz CT molecular complexity index is 837. The summed E-state index contributed by atoms with van der Waals surface area (Å²) < 4.78 is 3.70. The van der Waals surface area contributed by atoms with Gasteiger partial charge >= 0.3 is 0 Å². The normalized spacial score (nSPS) is 18.4. The molecule has 2 aliphatic rings. The summed E-state index contributed by atoms with van der Waals surface area (Å²) >= 11 is 18.7. The minimum atomic E-state index is -1.71. The Kier molecular flexibility index (Phi) is 2.89. The molecule has 4 nitrogen and oxygen atoms in total. The fraction of sp³-hybridized carbons (Fsp3) is 0.200. The summed E-state index contributed by atoms with van der Waals surface area (Å²) in [6.45, 7) is 0. The van der Waals surface area contributed by atoms with Crippen LogP contribution in [0.4, 0.5) is 0 Å². The first-order chi connectivity index (χ1) is 10.5. The molecule has 22 heavy (non-hydrogen) atoms. The zero-order chi connectivity index (χ0) is 15.5. The number of alkyl halides is 3. The van der Waals surface area contributed by atoms with E-state index < -0.39 is 9.46 Å². The zero-order valence-corrected chi connectivity index (χ0v) is 13.7. The number of methoxy groups -OCH3 is 1. The molecule has 2 aliphatic heterocycles. The van der Waals surface area contributed by atoms with Crippen molar-refractivity contribution in [3.8, 4) is 5.75 Å². The van der Waals surface area contributed by atoms with Crippen LogP contribution in [0.2, 0.25) is 0 Å². The van der Waals surface area contributed by atoms with Crippen molar-refractivity contribution in [3.63, 3.8) is 0 Å². The predicted molar refractivity (Wildman–Crippen MR) is 90.5 cm³/mol. The molecular formula is C15H10Cl3N3O. The van der Waals surface area contributed by atoms with Gasteiger partial charge < -0.3 is 10.1 Å². The second-order valence-electron chi connectivity index (χ2n) is 5.08. The number of halogens is 3. The summed E-state index contributed by atoms with van der Waals surface area (Å²) in [4.78, 5) is 9.01. The number of nitrogens with one attached hydrogen (secondary N) is 1. The summed E-state index contributed by atoms with van der Waals surface area (Å²) in [6.07, 6.45) is 0. The maximum Gasteiger partial charge on any atom is 0.239 e. The lowest BCUT2D eigenvalue weighted by Gasteiger charge is -2.32. The molecule has 2 aromatic rings. The highest BCUT2D eigenvalue weighted by Crippen LogP contribution is 2.53. The number of benzene rings is 2. The van der Waals surface area contributed by atoms with Crippen molar-refractivity contribution in [2.24, 2.45) is 9.98 Å². The van der Waals surface area contributed by atoms with Crippen molar-refractivity contribution >= 4 is 57.2 Å². The molecule has 1 fully saturated rings. The van der Waals surface area contributed by atoms with E-state index >= 15 is 0 Å². The molecule has 4 rings (SSSR count). The molecule has 2 heterocycles. The van der Waals surface area contributed by atoms with Crippen LogP contribution in [0.3, 0.4) is 0 Å². The van der Waals surface area contributed by atoms with Crippen LogP contribution in [0.25, 0.3) is 10.8 Å². The van der Waals surface area contributed by atoms with Crippen LogP contribution in [-0.4, -0.2) is 22.6 Å². The van der Waals surface area contributed by atoms with E-state index in [1.807, 2.05) is 36.4 Å². The molecule has 0 atom stereocenters. The number of nitrogens with zero attached hydrogens (tertiary/aromatic N) is 2. The highest BCUT2D eigenvalue weighted by Gasteiger charge is 2.57. The van der Waals surface area contributed by atoms with Crippen molar-refractivity contribution in [2.45, 2.75) is 9.46 Å². The monoisotopic (exact) mass is 353 g/mol. The summed E-state index contributed by atoms with van der Waals surface area (Å²) in [5.41, 5.74) is -0.544. The smallest absolute Gasteiger partial charge is 0.239 e. The topological polar surface area (TPSA) is 55.9 Å². The Hall–Kier alpha value is -1.49. The fourth-order valence-electron chi connectivity index (χ4n) is 2.74. The van der Waals surface area contributed by atoms with Gasteiger partial charge in [-0.2, -0.15) is 0 Å². The zero-order valence-electron chi connectivity index (χ0n) is 11.4. The summed E-state index contributed by atoms with van der Waals surface area (Å²) in [5.74, 6) is 2.10. The van der Waals surface area contributed by atoms with Gasteiger partial charge in [-0.25, -0.2) is 9.98 Å². The highest BCUT2D eigenvalue weighted by molar-refractivity contribution is 6.69. The Balaban J connectivity index is 2.04. The maximum atomic E-state index is 6.25.